The SMILES string of the molecule is CO[C@H]1C[C@]2(C)[C@@H](C(=O)CBr)CC[C@H]2[C@@H]2CC[C@H]3C[C@H](O)CC[C@]3(C)[C@H]21. The molecule has 0 heterocycles. The Bertz CT molecular complexity index is 566. The molecule has 0 aromatic rings. The van der Waals surface area contributed by atoms with Crippen LogP contribution in [0.2, 0.25) is 0 Å². The van der Waals surface area contributed by atoms with Crippen molar-refractivity contribution in [1.29, 1.82) is 0 Å². The Labute approximate surface area is 166 Å². The molecule has 0 amide bonds. The fourth-order valence-electron chi connectivity index (χ4n) is 8.17. The Morgan fingerprint density at radius 3 is 2.62 bits per heavy atom. The number of carbonyl (C=O) groups excluding carboxylic acids is 1. The summed E-state index contributed by atoms with van der Waals surface area (Å²) in [4.78, 5) is 12.6. The van der Waals surface area contributed by atoms with Gasteiger partial charge in [0.25, 0.3) is 0 Å². The number of alkyl halides is 1. The number of hydrogen-bond acceptors (Lipinski definition) is 3. The number of carbonyl (C=O) groups is 1. The van der Waals surface area contributed by atoms with E-state index in [9.17, 15) is 9.90 Å². The lowest BCUT2D eigenvalue weighted by Gasteiger charge is -2.62. The number of Topliss-reactive ketones (excluding diaryl/α,β-unsaturated/α-hetero) is 1. The van der Waals surface area contributed by atoms with Gasteiger partial charge in [-0.05, 0) is 85.9 Å². The van der Waals surface area contributed by atoms with Gasteiger partial charge in [-0.25, -0.2) is 0 Å². The van der Waals surface area contributed by atoms with Crippen LogP contribution in [0.1, 0.15) is 65.2 Å². The Kier molecular flexibility index (Phi) is 5.10. The van der Waals surface area contributed by atoms with Crippen LogP contribution < -0.4 is 0 Å². The van der Waals surface area contributed by atoms with Crippen molar-refractivity contribution < 1.29 is 14.6 Å². The first-order valence-corrected chi connectivity index (χ1v) is 11.8. The van der Waals surface area contributed by atoms with Crippen molar-refractivity contribution in [2.75, 3.05) is 12.4 Å². The molecule has 4 fully saturated rings. The maximum atomic E-state index is 12.6. The molecule has 4 heteroatoms. The lowest BCUT2D eigenvalue weighted by molar-refractivity contribution is -0.186. The molecular formula is C22H35BrO3. The van der Waals surface area contributed by atoms with Crippen molar-refractivity contribution in [3.63, 3.8) is 0 Å². The van der Waals surface area contributed by atoms with Crippen LogP contribution in [-0.4, -0.2) is 35.5 Å². The van der Waals surface area contributed by atoms with Gasteiger partial charge in [-0.1, -0.05) is 29.8 Å². The average molecular weight is 427 g/mol. The van der Waals surface area contributed by atoms with E-state index in [-0.39, 0.29) is 23.5 Å². The van der Waals surface area contributed by atoms with E-state index < -0.39 is 0 Å². The van der Waals surface area contributed by atoms with Gasteiger partial charge < -0.3 is 9.84 Å². The second-order valence-electron chi connectivity index (χ2n) is 10.2. The number of aliphatic hydroxyl groups is 1. The molecule has 4 aliphatic carbocycles. The van der Waals surface area contributed by atoms with Gasteiger partial charge in [0.05, 0.1) is 17.5 Å². The van der Waals surface area contributed by atoms with Crippen LogP contribution in [0.25, 0.3) is 0 Å². The third-order valence-electron chi connectivity index (χ3n) is 9.37. The second-order valence-corrected chi connectivity index (χ2v) is 10.8. The minimum Gasteiger partial charge on any atom is -0.393 e. The normalized spacial score (nSPS) is 53.5. The van der Waals surface area contributed by atoms with E-state index in [0.717, 1.165) is 32.1 Å². The van der Waals surface area contributed by atoms with Gasteiger partial charge in [0.2, 0.25) is 0 Å². The van der Waals surface area contributed by atoms with Crippen LogP contribution in [0.3, 0.4) is 0 Å². The van der Waals surface area contributed by atoms with Crippen LogP contribution in [0.5, 0.6) is 0 Å². The summed E-state index contributed by atoms with van der Waals surface area (Å²) in [7, 11) is 1.88. The summed E-state index contributed by atoms with van der Waals surface area (Å²) >= 11 is 3.42. The van der Waals surface area contributed by atoms with Gasteiger partial charge >= 0.3 is 0 Å². The molecule has 0 aliphatic heterocycles. The van der Waals surface area contributed by atoms with Crippen LogP contribution in [0.15, 0.2) is 0 Å². The Morgan fingerprint density at radius 1 is 1.15 bits per heavy atom. The molecule has 4 aliphatic rings. The molecule has 0 bridgehead atoms. The zero-order valence-electron chi connectivity index (χ0n) is 16.5. The van der Waals surface area contributed by atoms with Gasteiger partial charge in [0.1, 0.15) is 5.78 Å². The number of ketones is 1. The minimum atomic E-state index is -0.105. The number of rotatable bonds is 3. The van der Waals surface area contributed by atoms with Gasteiger partial charge in [0.15, 0.2) is 0 Å². The van der Waals surface area contributed by atoms with Crippen molar-refractivity contribution in [3.8, 4) is 0 Å². The van der Waals surface area contributed by atoms with E-state index in [1.54, 1.807) is 0 Å². The van der Waals surface area contributed by atoms with Crippen LogP contribution in [0, 0.1) is 40.4 Å². The van der Waals surface area contributed by atoms with Gasteiger partial charge in [-0.15, -0.1) is 0 Å². The topological polar surface area (TPSA) is 46.5 Å². The Hall–Kier alpha value is 0.0700. The van der Waals surface area contributed by atoms with Crippen molar-refractivity contribution in [2.45, 2.75) is 77.4 Å². The number of aliphatic hydroxyl groups excluding tert-OH is 1. The van der Waals surface area contributed by atoms with E-state index >= 15 is 0 Å². The van der Waals surface area contributed by atoms with E-state index in [1.165, 1.54) is 19.3 Å². The number of halogens is 1. The van der Waals surface area contributed by atoms with Crippen molar-refractivity contribution in [2.24, 2.45) is 40.4 Å². The summed E-state index contributed by atoms with van der Waals surface area (Å²) < 4.78 is 6.15. The number of methoxy groups -OCH3 is 1. The summed E-state index contributed by atoms with van der Waals surface area (Å²) in [5.41, 5.74) is 0.395. The fraction of sp³-hybridized carbons (Fsp3) is 0.955. The first kappa shape index (κ1) is 19.4. The monoisotopic (exact) mass is 426 g/mol. The first-order chi connectivity index (χ1) is 12.3. The molecule has 0 spiro atoms. The van der Waals surface area contributed by atoms with Crippen molar-refractivity contribution in [1.82, 2.24) is 0 Å². The summed E-state index contributed by atoms with van der Waals surface area (Å²) in [6.07, 6.45) is 9.01. The Morgan fingerprint density at radius 2 is 1.92 bits per heavy atom. The summed E-state index contributed by atoms with van der Waals surface area (Å²) in [6, 6.07) is 0. The van der Waals surface area contributed by atoms with Gasteiger partial charge in [-0.3, -0.25) is 4.79 Å². The Balaban J connectivity index is 1.68. The van der Waals surface area contributed by atoms with E-state index in [1.807, 2.05) is 7.11 Å². The number of hydrogen-bond donors (Lipinski definition) is 1. The molecule has 0 aromatic heterocycles. The van der Waals surface area contributed by atoms with Crippen molar-refractivity contribution >= 4 is 21.7 Å². The maximum Gasteiger partial charge on any atom is 0.147 e. The number of ether oxygens (including phenoxy) is 1. The zero-order valence-corrected chi connectivity index (χ0v) is 18.1. The molecule has 148 valence electrons. The molecule has 3 nitrogen and oxygen atoms in total. The van der Waals surface area contributed by atoms with Crippen LogP contribution in [0.4, 0.5) is 0 Å². The average Bonchev–Trinajstić information content (AvgIpc) is 2.97. The van der Waals surface area contributed by atoms with E-state index in [0.29, 0.717) is 40.2 Å². The molecular weight excluding hydrogens is 392 g/mol. The highest BCUT2D eigenvalue weighted by Crippen LogP contribution is 2.67. The summed E-state index contributed by atoms with van der Waals surface area (Å²) in [5, 5.41) is 10.7. The smallest absolute Gasteiger partial charge is 0.147 e. The highest BCUT2D eigenvalue weighted by Gasteiger charge is 2.64. The second kappa shape index (κ2) is 6.84. The van der Waals surface area contributed by atoms with E-state index in [4.69, 9.17) is 4.74 Å². The minimum absolute atomic E-state index is 0.101. The molecule has 0 radical (unpaired) electrons. The molecule has 0 aromatic carbocycles. The number of fused-ring (bicyclic) bond motifs is 5. The fourth-order valence-corrected chi connectivity index (χ4v) is 8.56. The zero-order chi connectivity index (χ0) is 18.7. The van der Waals surface area contributed by atoms with E-state index in [2.05, 4.69) is 29.8 Å². The predicted octanol–water partition coefficient (Wildman–Crippen LogP) is 4.60. The molecule has 26 heavy (non-hydrogen) atoms. The molecule has 4 saturated carbocycles. The maximum absolute atomic E-state index is 12.6. The standard InChI is InChI=1S/C22H35BrO3/c1-21-9-8-14(24)10-13(21)4-5-15-16-6-7-17(18(25)12-23)22(16,2)11-19(26-3)20(15)21/h13-17,19-20,24H,4-12H2,1-3H3/t13-,14+,15-,16-,17+,19-,20+,21-,22-/m0/s1. The van der Waals surface area contributed by atoms with Gasteiger partial charge in [-0.2, -0.15) is 0 Å². The third-order valence-corrected chi connectivity index (χ3v) is 9.92. The first-order valence-electron chi connectivity index (χ1n) is 10.6. The highest BCUT2D eigenvalue weighted by molar-refractivity contribution is 9.09. The lowest BCUT2D eigenvalue weighted by atomic mass is 9.44. The molecule has 0 saturated heterocycles. The summed E-state index contributed by atoms with van der Waals surface area (Å²) in [6.45, 7) is 4.88. The molecule has 1 N–H and O–H groups in total. The largest absolute Gasteiger partial charge is 0.393 e. The highest BCUT2D eigenvalue weighted by atomic mass is 79.9. The van der Waals surface area contributed by atoms with Crippen LogP contribution in [-0.2, 0) is 9.53 Å². The van der Waals surface area contributed by atoms with Crippen molar-refractivity contribution in [3.05, 3.63) is 0 Å². The molecule has 9 atom stereocenters. The predicted molar refractivity (Wildman–Crippen MR) is 106 cm³/mol. The lowest BCUT2D eigenvalue weighted by Crippen LogP contribution is -2.59. The quantitative estimate of drug-likeness (QED) is 0.670. The van der Waals surface area contributed by atoms with Crippen LogP contribution >= 0.6 is 15.9 Å². The molecule has 4 rings (SSSR count). The van der Waals surface area contributed by atoms with Gasteiger partial charge in [0, 0.05) is 13.0 Å². The third kappa shape index (κ3) is 2.69. The summed E-state index contributed by atoms with van der Waals surface area (Å²) in [5.74, 6) is 3.17. The molecule has 0 unspecified atom stereocenters.